The molecule has 0 aliphatic rings. The number of hydrogen-bond donors (Lipinski definition) is 1. The zero-order valence-electron chi connectivity index (χ0n) is 12.1. The van der Waals surface area contributed by atoms with E-state index in [1.807, 2.05) is 0 Å². The van der Waals surface area contributed by atoms with Gasteiger partial charge < -0.3 is 4.74 Å². The highest BCUT2D eigenvalue weighted by molar-refractivity contribution is 7.89. The summed E-state index contributed by atoms with van der Waals surface area (Å²) in [4.78, 5) is -0.796. The quantitative estimate of drug-likeness (QED) is 0.905. The van der Waals surface area contributed by atoms with E-state index in [0.717, 1.165) is 18.2 Å². The molecule has 0 spiro atoms. The summed E-state index contributed by atoms with van der Waals surface area (Å²) in [6.07, 6.45) is -4.75. The molecule has 0 fully saturated rings. The Kier molecular flexibility index (Phi) is 4.96. The first-order valence-electron chi connectivity index (χ1n) is 6.53. The minimum atomic E-state index is -4.75. The molecule has 2 aromatic rings. The molecule has 1 N–H and O–H groups in total. The van der Waals surface area contributed by atoms with Gasteiger partial charge in [0.1, 0.15) is 5.75 Å². The molecule has 0 aliphatic carbocycles. The van der Waals surface area contributed by atoms with Gasteiger partial charge in [-0.05, 0) is 29.8 Å². The molecule has 2 rings (SSSR count). The van der Waals surface area contributed by atoms with Gasteiger partial charge in [0.15, 0.2) is 0 Å². The van der Waals surface area contributed by atoms with Crippen LogP contribution in [0.2, 0.25) is 0 Å². The van der Waals surface area contributed by atoms with Crippen molar-refractivity contribution in [2.24, 2.45) is 0 Å². The van der Waals surface area contributed by atoms with Gasteiger partial charge >= 0.3 is 6.18 Å². The van der Waals surface area contributed by atoms with Crippen LogP contribution in [0, 0.1) is 0 Å². The fourth-order valence-corrected chi connectivity index (χ4v) is 3.22. The minimum absolute atomic E-state index is 0.147. The number of hydrogen-bond acceptors (Lipinski definition) is 3. The van der Waals surface area contributed by atoms with E-state index in [1.165, 1.54) is 13.2 Å². The van der Waals surface area contributed by atoms with E-state index in [-0.39, 0.29) is 6.54 Å². The smallest absolute Gasteiger partial charge is 0.417 e. The van der Waals surface area contributed by atoms with Crippen LogP contribution in [0.5, 0.6) is 5.75 Å². The molecule has 2 aromatic carbocycles. The zero-order valence-corrected chi connectivity index (χ0v) is 12.9. The molecule has 0 unspecified atom stereocenters. The molecule has 0 heterocycles. The number of rotatable bonds is 5. The Bertz CT molecular complexity index is 789. The molecule has 0 saturated heterocycles. The van der Waals surface area contributed by atoms with Gasteiger partial charge in [-0.2, -0.15) is 13.2 Å². The Morgan fingerprint density at radius 2 is 1.78 bits per heavy atom. The maximum atomic E-state index is 12.9. The monoisotopic (exact) mass is 345 g/mol. The molecule has 0 aliphatic heterocycles. The summed E-state index contributed by atoms with van der Waals surface area (Å²) in [7, 11) is -2.84. The molecule has 23 heavy (non-hydrogen) atoms. The topological polar surface area (TPSA) is 55.4 Å². The van der Waals surface area contributed by atoms with E-state index in [4.69, 9.17) is 4.74 Å². The number of halogens is 3. The van der Waals surface area contributed by atoms with Crippen LogP contribution in [-0.4, -0.2) is 15.5 Å². The van der Waals surface area contributed by atoms with Crippen molar-refractivity contribution in [3.63, 3.8) is 0 Å². The zero-order chi connectivity index (χ0) is 17.1. The summed E-state index contributed by atoms with van der Waals surface area (Å²) < 4.78 is 70.3. The third-order valence-electron chi connectivity index (χ3n) is 3.08. The van der Waals surface area contributed by atoms with Crippen LogP contribution in [0.4, 0.5) is 13.2 Å². The van der Waals surface area contributed by atoms with E-state index in [9.17, 15) is 21.6 Å². The fraction of sp³-hybridized carbons (Fsp3) is 0.200. The maximum absolute atomic E-state index is 12.9. The molecule has 4 nitrogen and oxygen atoms in total. The number of methoxy groups -OCH3 is 1. The van der Waals surface area contributed by atoms with E-state index in [2.05, 4.69) is 4.72 Å². The molecule has 0 aromatic heterocycles. The van der Waals surface area contributed by atoms with Crippen molar-refractivity contribution in [3.05, 3.63) is 59.7 Å². The van der Waals surface area contributed by atoms with Gasteiger partial charge in [-0.15, -0.1) is 0 Å². The summed E-state index contributed by atoms with van der Waals surface area (Å²) in [6.45, 7) is -0.147. The molecular weight excluding hydrogens is 331 g/mol. The van der Waals surface area contributed by atoms with Crippen molar-refractivity contribution < 1.29 is 26.3 Å². The second kappa shape index (κ2) is 6.59. The summed E-state index contributed by atoms with van der Waals surface area (Å²) in [5, 5.41) is 0. The van der Waals surface area contributed by atoms with Crippen LogP contribution in [0.25, 0.3) is 0 Å². The largest absolute Gasteiger partial charge is 0.497 e. The summed E-state index contributed by atoms with van der Waals surface area (Å²) in [5.74, 6) is 0.525. The average Bonchev–Trinajstić information content (AvgIpc) is 2.52. The predicted octanol–water partition coefficient (Wildman–Crippen LogP) is 3.19. The van der Waals surface area contributed by atoms with Crippen LogP contribution in [0.3, 0.4) is 0 Å². The van der Waals surface area contributed by atoms with Crippen molar-refractivity contribution in [3.8, 4) is 5.75 Å². The number of benzene rings is 2. The normalized spacial score (nSPS) is 12.2. The van der Waals surface area contributed by atoms with E-state index >= 15 is 0 Å². The summed E-state index contributed by atoms with van der Waals surface area (Å²) in [5.41, 5.74) is -0.629. The van der Waals surface area contributed by atoms with Crippen molar-refractivity contribution >= 4 is 10.0 Å². The lowest BCUT2D eigenvalue weighted by atomic mass is 10.2. The Morgan fingerprint density at radius 1 is 1.09 bits per heavy atom. The molecule has 0 atom stereocenters. The minimum Gasteiger partial charge on any atom is -0.497 e. The van der Waals surface area contributed by atoms with Crippen LogP contribution in [0.1, 0.15) is 11.1 Å². The van der Waals surface area contributed by atoms with E-state index in [0.29, 0.717) is 11.3 Å². The highest BCUT2D eigenvalue weighted by Gasteiger charge is 2.36. The highest BCUT2D eigenvalue weighted by Crippen LogP contribution is 2.33. The molecular formula is C15H14F3NO3S. The van der Waals surface area contributed by atoms with Gasteiger partial charge in [0.2, 0.25) is 10.0 Å². The second-order valence-electron chi connectivity index (χ2n) is 4.67. The van der Waals surface area contributed by atoms with E-state index < -0.39 is 26.7 Å². The summed E-state index contributed by atoms with van der Waals surface area (Å²) >= 11 is 0. The van der Waals surface area contributed by atoms with Crippen LogP contribution in [-0.2, 0) is 22.7 Å². The number of sulfonamides is 1. The van der Waals surface area contributed by atoms with Crippen LogP contribution >= 0.6 is 0 Å². The van der Waals surface area contributed by atoms with Gasteiger partial charge in [-0.3, -0.25) is 0 Å². The molecule has 0 amide bonds. The maximum Gasteiger partial charge on any atom is 0.417 e. The SMILES string of the molecule is COc1cccc(CNS(=O)(=O)c2ccccc2C(F)(F)F)c1. The molecule has 0 saturated carbocycles. The van der Waals surface area contributed by atoms with Crippen molar-refractivity contribution in [1.29, 1.82) is 0 Å². The van der Waals surface area contributed by atoms with Gasteiger partial charge in [0.05, 0.1) is 17.6 Å². The lowest BCUT2D eigenvalue weighted by Gasteiger charge is -2.14. The van der Waals surface area contributed by atoms with Crippen molar-refractivity contribution in [1.82, 2.24) is 4.72 Å². The lowest BCUT2D eigenvalue weighted by Crippen LogP contribution is -2.26. The lowest BCUT2D eigenvalue weighted by molar-refractivity contribution is -0.139. The van der Waals surface area contributed by atoms with Crippen LogP contribution < -0.4 is 9.46 Å². The van der Waals surface area contributed by atoms with Crippen LogP contribution in [0.15, 0.2) is 53.4 Å². The predicted molar refractivity (Wildman–Crippen MR) is 78.5 cm³/mol. The molecule has 124 valence electrons. The molecule has 8 heteroatoms. The van der Waals surface area contributed by atoms with Gasteiger partial charge in [0, 0.05) is 6.54 Å². The Labute approximate surface area is 132 Å². The van der Waals surface area contributed by atoms with Crippen molar-refractivity contribution in [2.75, 3.05) is 7.11 Å². The molecule has 0 bridgehead atoms. The first kappa shape index (κ1) is 17.3. The average molecular weight is 345 g/mol. The fourth-order valence-electron chi connectivity index (χ4n) is 1.97. The second-order valence-corrected chi connectivity index (χ2v) is 6.41. The third-order valence-corrected chi connectivity index (χ3v) is 4.54. The Balaban J connectivity index is 2.26. The Hall–Kier alpha value is -2.06. The van der Waals surface area contributed by atoms with Crippen molar-refractivity contribution in [2.45, 2.75) is 17.6 Å². The summed E-state index contributed by atoms with van der Waals surface area (Å²) in [6, 6.07) is 10.6. The Morgan fingerprint density at radius 3 is 2.43 bits per heavy atom. The number of alkyl halides is 3. The first-order valence-corrected chi connectivity index (χ1v) is 8.01. The third kappa shape index (κ3) is 4.23. The first-order chi connectivity index (χ1) is 10.7. The van der Waals surface area contributed by atoms with Gasteiger partial charge in [0.25, 0.3) is 0 Å². The number of nitrogens with one attached hydrogen (secondary N) is 1. The van der Waals surface area contributed by atoms with Gasteiger partial charge in [-0.25, -0.2) is 13.1 Å². The molecule has 0 radical (unpaired) electrons. The number of ether oxygens (including phenoxy) is 1. The standard InChI is InChI=1S/C15H14F3NO3S/c1-22-12-6-4-5-11(9-12)10-19-23(20,21)14-8-3-2-7-13(14)15(16,17)18/h2-9,19H,10H2,1H3. The van der Waals surface area contributed by atoms with E-state index in [1.54, 1.807) is 24.3 Å². The highest BCUT2D eigenvalue weighted by atomic mass is 32.2. The van der Waals surface area contributed by atoms with Gasteiger partial charge in [-0.1, -0.05) is 24.3 Å².